The molecule has 0 aliphatic rings. The minimum absolute atomic E-state index is 0.0716. The minimum atomic E-state index is -0.282. The lowest BCUT2D eigenvalue weighted by molar-refractivity contribution is 0.562. The molecule has 3 heterocycles. The smallest absolute Gasteiger partial charge is 0.147 e. The molecule has 0 spiro atoms. The zero-order valence-electron chi connectivity index (χ0n) is 19.6. The quantitative estimate of drug-likeness (QED) is 0.417. The standard InChI is InChI=1S/C22H25N3/c1-21(2,3)18-12-11-14-16(23-18)13-19(22(4,5)6)25-17-10-8-7-9-15(17)24-20(14)25/h7-13H,1-6H3/i7D,8D,9D,10D. The summed E-state index contributed by atoms with van der Waals surface area (Å²) < 4.78 is 34.8. The number of fused-ring (bicyclic) bond motifs is 5. The molecule has 0 aliphatic heterocycles. The Morgan fingerprint density at radius 3 is 2.28 bits per heavy atom. The van der Waals surface area contributed by atoms with Crippen LogP contribution in [0.15, 0.2) is 42.4 Å². The first kappa shape index (κ1) is 12.0. The summed E-state index contributed by atoms with van der Waals surface area (Å²) in [5.74, 6) is 0. The molecule has 3 nitrogen and oxygen atoms in total. The first-order valence-electron chi connectivity index (χ1n) is 10.6. The van der Waals surface area contributed by atoms with Crippen molar-refractivity contribution in [3.05, 3.63) is 53.8 Å². The number of hydrogen-bond acceptors (Lipinski definition) is 2. The Labute approximate surface area is 154 Å². The van der Waals surface area contributed by atoms with Crippen LogP contribution >= 0.6 is 0 Å². The monoisotopic (exact) mass is 335 g/mol. The fourth-order valence-corrected chi connectivity index (χ4v) is 3.16. The van der Waals surface area contributed by atoms with Crippen molar-refractivity contribution in [1.82, 2.24) is 14.4 Å². The second kappa shape index (κ2) is 5.04. The van der Waals surface area contributed by atoms with Gasteiger partial charge in [0, 0.05) is 27.6 Å². The van der Waals surface area contributed by atoms with Crippen LogP contribution in [0, 0.1) is 0 Å². The van der Waals surface area contributed by atoms with Crippen molar-refractivity contribution in [2.75, 3.05) is 0 Å². The molecular weight excluding hydrogens is 306 g/mol. The van der Waals surface area contributed by atoms with Gasteiger partial charge in [-0.15, -0.1) is 0 Å². The minimum Gasteiger partial charge on any atom is -0.295 e. The van der Waals surface area contributed by atoms with Gasteiger partial charge in [-0.3, -0.25) is 9.38 Å². The summed E-state index contributed by atoms with van der Waals surface area (Å²) in [7, 11) is 0. The van der Waals surface area contributed by atoms with Gasteiger partial charge in [-0.2, -0.15) is 0 Å². The Morgan fingerprint density at radius 2 is 1.60 bits per heavy atom. The van der Waals surface area contributed by atoms with Crippen LogP contribution in [0.2, 0.25) is 0 Å². The number of aromatic nitrogens is 3. The average Bonchev–Trinajstić information content (AvgIpc) is 3.02. The van der Waals surface area contributed by atoms with E-state index in [-0.39, 0.29) is 40.5 Å². The molecule has 0 atom stereocenters. The maximum absolute atomic E-state index is 8.48. The van der Waals surface area contributed by atoms with E-state index in [2.05, 4.69) is 46.5 Å². The Balaban J connectivity index is 2.29. The summed E-state index contributed by atoms with van der Waals surface area (Å²) in [6.07, 6.45) is 0. The highest BCUT2D eigenvalue weighted by Crippen LogP contribution is 2.33. The molecule has 128 valence electrons. The van der Waals surface area contributed by atoms with Crippen LogP contribution in [0.3, 0.4) is 0 Å². The number of imidazole rings is 1. The van der Waals surface area contributed by atoms with Gasteiger partial charge in [0.05, 0.1) is 22.0 Å². The molecule has 0 unspecified atom stereocenters. The van der Waals surface area contributed by atoms with E-state index < -0.39 is 0 Å². The Kier molecular flexibility index (Phi) is 2.42. The maximum atomic E-state index is 8.48. The number of nitrogens with zero attached hydrogens (tertiary/aromatic N) is 3. The molecule has 4 aromatic rings. The van der Waals surface area contributed by atoms with Gasteiger partial charge in [0.2, 0.25) is 0 Å². The highest BCUT2D eigenvalue weighted by molar-refractivity contribution is 5.97. The topological polar surface area (TPSA) is 30.2 Å². The molecule has 0 saturated heterocycles. The van der Waals surface area contributed by atoms with Crippen LogP contribution in [0.4, 0.5) is 0 Å². The van der Waals surface area contributed by atoms with E-state index >= 15 is 0 Å². The summed E-state index contributed by atoms with van der Waals surface area (Å²) in [5.41, 5.74) is 3.65. The molecule has 4 rings (SSSR count). The van der Waals surface area contributed by atoms with Gasteiger partial charge in [-0.05, 0) is 30.3 Å². The van der Waals surface area contributed by atoms with Gasteiger partial charge in [0.15, 0.2) is 0 Å². The third kappa shape index (κ3) is 2.50. The summed E-state index contributed by atoms with van der Waals surface area (Å²) in [6, 6.07) is 5.32. The number of rotatable bonds is 0. The van der Waals surface area contributed by atoms with Crippen LogP contribution in [-0.4, -0.2) is 14.4 Å². The fourth-order valence-electron chi connectivity index (χ4n) is 3.16. The van der Waals surface area contributed by atoms with E-state index in [1.165, 1.54) is 0 Å². The van der Waals surface area contributed by atoms with Crippen LogP contribution in [-0.2, 0) is 10.8 Å². The van der Waals surface area contributed by atoms with Crippen molar-refractivity contribution >= 4 is 27.6 Å². The largest absolute Gasteiger partial charge is 0.295 e. The lowest BCUT2D eigenvalue weighted by Gasteiger charge is -2.23. The lowest BCUT2D eigenvalue weighted by atomic mass is 9.89. The third-order valence-corrected chi connectivity index (χ3v) is 4.52. The summed E-state index contributed by atoms with van der Waals surface area (Å²) >= 11 is 0. The van der Waals surface area contributed by atoms with Crippen LogP contribution < -0.4 is 0 Å². The van der Waals surface area contributed by atoms with E-state index in [4.69, 9.17) is 10.5 Å². The molecule has 3 aromatic heterocycles. The highest BCUT2D eigenvalue weighted by Gasteiger charge is 2.23. The SMILES string of the molecule is [2H]c1c([2H])c([2H])c2c(nc3c4ccc(C(C)(C)C)nc4cc(C(C)(C)C)n32)c1[2H]. The fraction of sp³-hybridized carbons (Fsp3) is 0.364. The van der Waals surface area contributed by atoms with E-state index in [0.29, 0.717) is 11.2 Å². The van der Waals surface area contributed by atoms with Crippen molar-refractivity contribution in [2.45, 2.75) is 52.4 Å². The van der Waals surface area contributed by atoms with Crippen molar-refractivity contribution in [1.29, 1.82) is 0 Å². The number of benzene rings is 1. The summed E-state index contributed by atoms with van der Waals surface area (Å²) in [6.45, 7) is 12.6. The molecule has 25 heavy (non-hydrogen) atoms. The Morgan fingerprint density at radius 1 is 0.880 bits per heavy atom. The van der Waals surface area contributed by atoms with Gasteiger partial charge in [-0.1, -0.05) is 53.6 Å². The predicted molar refractivity (Wildman–Crippen MR) is 105 cm³/mol. The first-order chi connectivity index (χ1) is 13.3. The lowest BCUT2D eigenvalue weighted by Crippen LogP contribution is -2.17. The molecule has 0 saturated carbocycles. The molecule has 0 N–H and O–H groups in total. The van der Waals surface area contributed by atoms with E-state index in [0.717, 1.165) is 22.3 Å². The normalized spacial score (nSPS) is 15.4. The molecule has 0 amide bonds. The first-order valence-corrected chi connectivity index (χ1v) is 8.55. The average molecular weight is 335 g/mol. The van der Waals surface area contributed by atoms with Crippen molar-refractivity contribution in [3.8, 4) is 0 Å². The van der Waals surface area contributed by atoms with Gasteiger partial charge >= 0.3 is 0 Å². The highest BCUT2D eigenvalue weighted by atomic mass is 15.0. The zero-order chi connectivity index (χ0) is 21.5. The Bertz CT molecular complexity index is 1310. The molecule has 0 fully saturated rings. The van der Waals surface area contributed by atoms with E-state index in [9.17, 15) is 0 Å². The molecule has 3 heteroatoms. The van der Waals surface area contributed by atoms with Gasteiger partial charge in [-0.25, -0.2) is 4.98 Å². The predicted octanol–water partition coefficient (Wildman–Crippen LogP) is 5.63. The molecule has 1 aromatic carbocycles. The second-order valence-corrected chi connectivity index (χ2v) is 8.63. The van der Waals surface area contributed by atoms with Gasteiger partial charge < -0.3 is 0 Å². The molecule has 0 bridgehead atoms. The molecule has 0 aliphatic carbocycles. The second-order valence-electron chi connectivity index (χ2n) is 8.63. The van der Waals surface area contributed by atoms with Crippen molar-refractivity contribution in [2.24, 2.45) is 0 Å². The van der Waals surface area contributed by atoms with Gasteiger partial charge in [0.25, 0.3) is 0 Å². The molecule has 0 radical (unpaired) electrons. The van der Waals surface area contributed by atoms with Gasteiger partial charge in [0.1, 0.15) is 5.65 Å². The van der Waals surface area contributed by atoms with E-state index in [1.54, 1.807) is 0 Å². The van der Waals surface area contributed by atoms with Crippen LogP contribution in [0.5, 0.6) is 0 Å². The zero-order valence-corrected chi connectivity index (χ0v) is 15.6. The number of hydrogen-bond donors (Lipinski definition) is 0. The van der Waals surface area contributed by atoms with Crippen LogP contribution in [0.1, 0.15) is 58.4 Å². The van der Waals surface area contributed by atoms with Crippen molar-refractivity contribution < 1.29 is 5.48 Å². The third-order valence-electron chi connectivity index (χ3n) is 4.52. The van der Waals surface area contributed by atoms with Crippen LogP contribution in [0.25, 0.3) is 27.6 Å². The number of para-hydroxylation sites is 2. The van der Waals surface area contributed by atoms with Crippen molar-refractivity contribution in [3.63, 3.8) is 0 Å². The summed E-state index contributed by atoms with van der Waals surface area (Å²) in [4.78, 5) is 9.58. The maximum Gasteiger partial charge on any atom is 0.147 e. The molecular formula is C22H25N3. The Hall–Kier alpha value is -2.42. The number of pyridine rings is 2. The summed E-state index contributed by atoms with van der Waals surface area (Å²) in [5, 5.41) is 0.832. The van der Waals surface area contributed by atoms with E-state index in [1.807, 2.05) is 22.6 Å².